The third kappa shape index (κ3) is 24.1. The summed E-state index contributed by atoms with van der Waals surface area (Å²) in [6.45, 7) is 1.25. The summed E-state index contributed by atoms with van der Waals surface area (Å²) in [7, 11) is 0. The van der Waals surface area contributed by atoms with Gasteiger partial charge in [-0.1, -0.05) is 88.5 Å². The number of hydrogen-bond donors (Lipinski definition) is 0. The van der Waals surface area contributed by atoms with Gasteiger partial charge in [-0.05, 0) is 77.0 Å². The molecule has 0 aromatic rings. The van der Waals surface area contributed by atoms with Crippen LogP contribution in [0.15, 0.2) is 24.3 Å². The van der Waals surface area contributed by atoms with E-state index in [9.17, 15) is 9.59 Å². The maximum atomic E-state index is 11.4. The van der Waals surface area contributed by atoms with E-state index in [0.29, 0.717) is 26.1 Å². The first-order valence-electron chi connectivity index (χ1n) is 15.4. The highest BCUT2D eigenvalue weighted by Crippen LogP contribution is 2.12. The van der Waals surface area contributed by atoms with Crippen molar-refractivity contribution < 1.29 is 19.1 Å². The number of carbonyl (C=O) groups excluding carboxylic acids is 2. The second-order valence-corrected chi connectivity index (χ2v) is 10.4. The lowest BCUT2D eigenvalue weighted by molar-refractivity contribution is -0.144. The zero-order valence-electron chi connectivity index (χ0n) is 23.3. The van der Waals surface area contributed by atoms with Crippen molar-refractivity contribution in [3.63, 3.8) is 0 Å². The van der Waals surface area contributed by atoms with Gasteiger partial charge in [0, 0.05) is 12.8 Å². The number of cyclic esters (lactones) is 2. The molecule has 0 bridgehead atoms. The molecule has 0 spiro atoms. The van der Waals surface area contributed by atoms with E-state index in [1.165, 1.54) is 89.9 Å². The second kappa shape index (κ2) is 26.5. The van der Waals surface area contributed by atoms with Crippen LogP contribution in [0.1, 0.15) is 154 Å². The second-order valence-electron chi connectivity index (χ2n) is 10.4. The summed E-state index contributed by atoms with van der Waals surface area (Å²) in [5, 5.41) is 0. The Kier molecular flexibility index (Phi) is 23.9. The molecule has 2 heterocycles. The smallest absolute Gasteiger partial charge is 0.305 e. The molecule has 0 aromatic heterocycles. The first-order valence-corrected chi connectivity index (χ1v) is 15.4. The maximum absolute atomic E-state index is 11.4. The average molecular weight is 505 g/mol. The lowest BCUT2D eigenvalue weighted by atomic mass is 10.1. The van der Waals surface area contributed by atoms with Crippen molar-refractivity contribution in [2.24, 2.45) is 0 Å². The van der Waals surface area contributed by atoms with Gasteiger partial charge in [-0.15, -0.1) is 0 Å². The van der Waals surface area contributed by atoms with E-state index in [4.69, 9.17) is 9.47 Å². The van der Waals surface area contributed by atoms with E-state index in [2.05, 4.69) is 24.3 Å². The number of ether oxygens (including phenoxy) is 2. The molecule has 0 radical (unpaired) electrons. The minimum absolute atomic E-state index is 0.00476. The third-order valence-corrected chi connectivity index (χ3v) is 6.89. The van der Waals surface area contributed by atoms with E-state index >= 15 is 0 Å². The van der Waals surface area contributed by atoms with E-state index in [0.717, 1.165) is 51.4 Å². The molecule has 0 aliphatic carbocycles. The summed E-state index contributed by atoms with van der Waals surface area (Å²) >= 11 is 0. The van der Waals surface area contributed by atoms with Crippen molar-refractivity contribution in [1.82, 2.24) is 0 Å². The summed E-state index contributed by atoms with van der Waals surface area (Å²) < 4.78 is 10.4. The van der Waals surface area contributed by atoms with Gasteiger partial charge in [0.15, 0.2) is 0 Å². The SMILES string of the molecule is O=C1CCCCCC=CCCCCCCCCO1.O=C1CCCCCC=CCCCCCCCCO1. The fourth-order valence-electron chi connectivity index (χ4n) is 4.55. The molecule has 4 nitrogen and oxygen atoms in total. The van der Waals surface area contributed by atoms with E-state index in [-0.39, 0.29) is 11.9 Å². The Morgan fingerprint density at radius 1 is 0.361 bits per heavy atom. The lowest BCUT2D eigenvalue weighted by Crippen LogP contribution is -2.05. The number of carbonyl (C=O) groups is 2. The third-order valence-electron chi connectivity index (χ3n) is 6.89. The summed E-state index contributed by atoms with van der Waals surface area (Å²) in [5.74, 6) is -0.00952. The molecule has 0 atom stereocenters. The molecule has 36 heavy (non-hydrogen) atoms. The first kappa shape index (κ1) is 32.4. The van der Waals surface area contributed by atoms with Crippen LogP contribution in [0.4, 0.5) is 0 Å². The molecule has 0 saturated carbocycles. The van der Waals surface area contributed by atoms with Gasteiger partial charge in [0.25, 0.3) is 0 Å². The molecule has 2 aliphatic heterocycles. The van der Waals surface area contributed by atoms with E-state index in [1.54, 1.807) is 0 Å². The average Bonchev–Trinajstić information content (AvgIpc) is 2.88. The Morgan fingerprint density at radius 2 is 0.639 bits per heavy atom. The fraction of sp³-hybridized carbons (Fsp3) is 0.812. The largest absolute Gasteiger partial charge is 0.466 e. The van der Waals surface area contributed by atoms with Crippen LogP contribution in [0.25, 0.3) is 0 Å². The van der Waals surface area contributed by atoms with Crippen LogP contribution in [-0.4, -0.2) is 25.2 Å². The van der Waals surface area contributed by atoms with Gasteiger partial charge in [-0.2, -0.15) is 0 Å². The number of hydrogen-bond acceptors (Lipinski definition) is 4. The van der Waals surface area contributed by atoms with Gasteiger partial charge in [0.05, 0.1) is 13.2 Å². The van der Waals surface area contributed by atoms with Crippen molar-refractivity contribution in [3.05, 3.63) is 24.3 Å². The van der Waals surface area contributed by atoms with Crippen LogP contribution in [0, 0.1) is 0 Å². The molecule has 2 aliphatic rings. The fourth-order valence-corrected chi connectivity index (χ4v) is 4.55. The Balaban J connectivity index is 0.000000360. The lowest BCUT2D eigenvalue weighted by Gasteiger charge is -2.04. The van der Waals surface area contributed by atoms with Crippen LogP contribution < -0.4 is 0 Å². The van der Waals surface area contributed by atoms with E-state index in [1.807, 2.05) is 0 Å². The quantitative estimate of drug-likeness (QED) is 0.243. The first-order chi connectivity index (χ1) is 17.8. The van der Waals surface area contributed by atoms with Gasteiger partial charge in [-0.25, -0.2) is 0 Å². The molecule has 208 valence electrons. The summed E-state index contributed by atoms with van der Waals surface area (Å²) in [4.78, 5) is 22.8. The number of rotatable bonds is 0. The Bertz CT molecular complexity index is 517. The zero-order valence-corrected chi connectivity index (χ0v) is 23.3. The summed E-state index contributed by atoms with van der Waals surface area (Å²) in [6, 6.07) is 0. The Morgan fingerprint density at radius 3 is 1.00 bits per heavy atom. The van der Waals surface area contributed by atoms with Crippen LogP contribution in [0.3, 0.4) is 0 Å². The predicted molar refractivity (Wildman–Crippen MR) is 151 cm³/mol. The topological polar surface area (TPSA) is 52.6 Å². The van der Waals surface area contributed by atoms with Crippen molar-refractivity contribution >= 4 is 11.9 Å². The zero-order chi connectivity index (χ0) is 25.8. The van der Waals surface area contributed by atoms with Crippen LogP contribution in [0.5, 0.6) is 0 Å². The van der Waals surface area contributed by atoms with E-state index < -0.39 is 0 Å². The molecule has 0 unspecified atom stereocenters. The van der Waals surface area contributed by atoms with Gasteiger partial charge in [0.2, 0.25) is 0 Å². The standard InChI is InChI=1S/2C16H28O2/c2*17-16-14-12-10-8-6-4-2-1-3-5-7-9-11-13-15-18-16/h2*2,4H,1,3,5-15H2. The number of esters is 2. The summed E-state index contributed by atoms with van der Waals surface area (Å²) in [6.07, 6.45) is 36.9. The van der Waals surface area contributed by atoms with Crippen molar-refractivity contribution in [3.8, 4) is 0 Å². The van der Waals surface area contributed by atoms with Crippen molar-refractivity contribution in [1.29, 1.82) is 0 Å². The van der Waals surface area contributed by atoms with Gasteiger partial charge < -0.3 is 9.47 Å². The monoisotopic (exact) mass is 504 g/mol. The number of allylic oxidation sites excluding steroid dienone is 4. The van der Waals surface area contributed by atoms with Gasteiger partial charge in [0.1, 0.15) is 0 Å². The Hall–Kier alpha value is -1.58. The molecule has 0 N–H and O–H groups in total. The molecule has 0 aromatic carbocycles. The molecular formula is C32H56O4. The maximum Gasteiger partial charge on any atom is 0.305 e. The molecule has 0 saturated heterocycles. The molecule has 0 amide bonds. The van der Waals surface area contributed by atoms with Crippen molar-refractivity contribution in [2.75, 3.05) is 13.2 Å². The van der Waals surface area contributed by atoms with Crippen LogP contribution in [0.2, 0.25) is 0 Å². The van der Waals surface area contributed by atoms with Crippen LogP contribution in [-0.2, 0) is 19.1 Å². The van der Waals surface area contributed by atoms with Crippen LogP contribution >= 0.6 is 0 Å². The highest BCUT2D eigenvalue weighted by Gasteiger charge is 2.03. The molecular weight excluding hydrogens is 448 g/mol. The van der Waals surface area contributed by atoms with Gasteiger partial charge >= 0.3 is 11.9 Å². The predicted octanol–water partition coefficient (Wildman–Crippen LogP) is 9.56. The minimum Gasteiger partial charge on any atom is -0.466 e. The normalized spacial score (nSPS) is 22.1. The molecule has 2 rings (SSSR count). The minimum atomic E-state index is -0.00476. The van der Waals surface area contributed by atoms with Gasteiger partial charge in [-0.3, -0.25) is 9.59 Å². The molecule has 4 heteroatoms. The summed E-state index contributed by atoms with van der Waals surface area (Å²) in [5.41, 5.74) is 0. The highest BCUT2D eigenvalue weighted by atomic mass is 16.5. The Labute approximate surface area is 222 Å². The highest BCUT2D eigenvalue weighted by molar-refractivity contribution is 5.69. The molecule has 0 fully saturated rings. The van der Waals surface area contributed by atoms with Crippen molar-refractivity contribution in [2.45, 2.75) is 154 Å².